The monoisotopic (exact) mass is 316 g/mol. The predicted octanol–water partition coefficient (Wildman–Crippen LogP) is 3.83. The molecule has 0 heterocycles. The van der Waals surface area contributed by atoms with E-state index in [0.717, 1.165) is 10.6 Å². The van der Waals surface area contributed by atoms with Gasteiger partial charge in [-0.15, -0.1) is 0 Å². The zero-order valence-corrected chi connectivity index (χ0v) is 12.7. The Bertz CT molecular complexity index is 610. The van der Waals surface area contributed by atoms with Crippen LogP contribution in [0.4, 0.5) is 0 Å². The number of thioether (sulfide) groups is 1. The van der Waals surface area contributed by atoms with Gasteiger partial charge in [0.25, 0.3) is 0 Å². The van der Waals surface area contributed by atoms with Gasteiger partial charge in [-0.2, -0.15) is 0 Å². The molecule has 114 valence electrons. The summed E-state index contributed by atoms with van der Waals surface area (Å²) in [5.74, 6) is 0.300. The third kappa shape index (κ3) is 5.18. The van der Waals surface area contributed by atoms with Crippen molar-refractivity contribution in [2.45, 2.75) is 10.3 Å². The van der Waals surface area contributed by atoms with Gasteiger partial charge in [-0.1, -0.05) is 36.5 Å². The van der Waals surface area contributed by atoms with E-state index >= 15 is 0 Å². The van der Waals surface area contributed by atoms with E-state index in [9.17, 15) is 4.79 Å². The van der Waals surface area contributed by atoms with Gasteiger partial charge >= 0.3 is 5.97 Å². The molecule has 0 aliphatic heterocycles. The number of hydrogen-bond donors (Lipinski definition) is 1. The fourth-order valence-electron chi connectivity index (χ4n) is 1.65. The van der Waals surface area contributed by atoms with Crippen molar-refractivity contribution < 1.29 is 19.4 Å². The minimum Gasteiger partial charge on any atom is -0.482 e. The van der Waals surface area contributed by atoms with E-state index in [4.69, 9.17) is 14.6 Å². The maximum atomic E-state index is 10.4. The number of carboxylic acid groups (broad SMARTS) is 1. The van der Waals surface area contributed by atoms with Gasteiger partial charge < -0.3 is 14.6 Å². The highest BCUT2D eigenvalue weighted by atomic mass is 32.2. The lowest BCUT2D eigenvalue weighted by Crippen LogP contribution is -2.09. The number of hydrogen-bond acceptors (Lipinski definition) is 4. The third-order valence-electron chi connectivity index (χ3n) is 2.63. The summed E-state index contributed by atoms with van der Waals surface area (Å²) >= 11 is 1.50. The zero-order chi connectivity index (χ0) is 15.8. The summed E-state index contributed by atoms with van der Waals surface area (Å²) in [6.45, 7) is 3.44. The normalized spacial score (nSPS) is 11.5. The minimum atomic E-state index is -0.999. The number of ether oxygens (including phenoxy) is 2. The summed E-state index contributed by atoms with van der Waals surface area (Å²) in [6.07, 6.45) is 1.73. The van der Waals surface area contributed by atoms with Crippen LogP contribution in [0.15, 0.2) is 72.1 Å². The second-order valence-electron chi connectivity index (χ2n) is 4.31. The molecule has 0 saturated carbocycles. The molecule has 0 aliphatic rings. The van der Waals surface area contributed by atoms with Gasteiger partial charge in [0.2, 0.25) is 0 Å². The zero-order valence-electron chi connectivity index (χ0n) is 11.8. The average molecular weight is 316 g/mol. The standard InChI is InChI=1S/C17H16O4S/c1-2-17(21-14-6-4-3-5-7-14)22-15-10-8-13(9-11-15)20-12-16(18)19/h2-11,17H,1,12H2,(H,18,19). The summed E-state index contributed by atoms with van der Waals surface area (Å²) in [5, 5.41) is 8.56. The number of para-hydroxylation sites is 1. The molecule has 0 fully saturated rings. The van der Waals surface area contributed by atoms with E-state index in [1.165, 1.54) is 11.8 Å². The van der Waals surface area contributed by atoms with Crippen LogP contribution in [0.5, 0.6) is 11.5 Å². The molecule has 4 nitrogen and oxygen atoms in total. The smallest absolute Gasteiger partial charge is 0.341 e. The molecular formula is C17H16O4S. The van der Waals surface area contributed by atoms with Crippen LogP contribution in [-0.4, -0.2) is 23.1 Å². The number of rotatable bonds is 8. The Morgan fingerprint density at radius 1 is 1.14 bits per heavy atom. The molecule has 5 heteroatoms. The van der Waals surface area contributed by atoms with E-state index < -0.39 is 5.97 Å². The number of carboxylic acids is 1. The fraction of sp³-hybridized carbons (Fsp3) is 0.118. The van der Waals surface area contributed by atoms with Gasteiger partial charge in [0, 0.05) is 4.90 Å². The maximum Gasteiger partial charge on any atom is 0.341 e. The van der Waals surface area contributed by atoms with Crippen molar-refractivity contribution >= 4 is 17.7 Å². The molecule has 1 atom stereocenters. The van der Waals surface area contributed by atoms with Crippen molar-refractivity contribution in [2.75, 3.05) is 6.61 Å². The largest absolute Gasteiger partial charge is 0.482 e. The Hall–Kier alpha value is -2.40. The van der Waals surface area contributed by atoms with Crippen molar-refractivity contribution in [3.05, 3.63) is 67.3 Å². The van der Waals surface area contributed by atoms with Gasteiger partial charge in [0.05, 0.1) is 0 Å². The topological polar surface area (TPSA) is 55.8 Å². The molecule has 0 amide bonds. The molecule has 1 N–H and O–H groups in total. The molecule has 2 aromatic rings. The number of carbonyl (C=O) groups is 1. The first-order valence-corrected chi connectivity index (χ1v) is 7.51. The van der Waals surface area contributed by atoms with Gasteiger partial charge in [-0.05, 0) is 42.5 Å². The summed E-state index contributed by atoms with van der Waals surface area (Å²) in [5.41, 5.74) is -0.215. The lowest BCUT2D eigenvalue weighted by Gasteiger charge is -2.15. The summed E-state index contributed by atoms with van der Waals surface area (Å²) < 4.78 is 10.9. The van der Waals surface area contributed by atoms with Crippen LogP contribution in [-0.2, 0) is 4.79 Å². The van der Waals surface area contributed by atoms with Gasteiger partial charge in [0.15, 0.2) is 12.0 Å². The molecular weight excluding hydrogens is 300 g/mol. The van der Waals surface area contributed by atoms with Crippen LogP contribution < -0.4 is 9.47 Å². The molecule has 22 heavy (non-hydrogen) atoms. The maximum absolute atomic E-state index is 10.4. The summed E-state index contributed by atoms with van der Waals surface area (Å²) in [4.78, 5) is 11.4. The molecule has 0 aliphatic carbocycles. The number of benzene rings is 2. The van der Waals surface area contributed by atoms with Crippen LogP contribution in [0.3, 0.4) is 0 Å². The van der Waals surface area contributed by atoms with E-state index in [0.29, 0.717) is 5.75 Å². The van der Waals surface area contributed by atoms with Gasteiger partial charge in [-0.25, -0.2) is 4.79 Å². The average Bonchev–Trinajstić information content (AvgIpc) is 2.54. The van der Waals surface area contributed by atoms with Gasteiger partial charge in [0.1, 0.15) is 11.5 Å². The second-order valence-corrected chi connectivity index (χ2v) is 5.48. The first-order valence-electron chi connectivity index (χ1n) is 6.63. The molecule has 0 bridgehead atoms. The van der Waals surface area contributed by atoms with Crippen molar-refractivity contribution in [2.24, 2.45) is 0 Å². The lowest BCUT2D eigenvalue weighted by molar-refractivity contribution is -0.139. The quantitative estimate of drug-likeness (QED) is 0.455. The Morgan fingerprint density at radius 2 is 1.82 bits per heavy atom. The van der Waals surface area contributed by atoms with Crippen LogP contribution in [0, 0.1) is 0 Å². The summed E-state index contributed by atoms with van der Waals surface area (Å²) in [6, 6.07) is 16.7. The van der Waals surface area contributed by atoms with Crippen LogP contribution >= 0.6 is 11.8 Å². The van der Waals surface area contributed by atoms with Crippen LogP contribution in [0.1, 0.15) is 0 Å². The van der Waals surface area contributed by atoms with Crippen LogP contribution in [0.25, 0.3) is 0 Å². The molecule has 2 rings (SSSR count). The van der Waals surface area contributed by atoms with E-state index in [-0.39, 0.29) is 12.0 Å². The third-order valence-corrected chi connectivity index (χ3v) is 3.69. The van der Waals surface area contributed by atoms with Crippen LogP contribution in [0.2, 0.25) is 0 Å². The minimum absolute atomic E-state index is 0.215. The van der Waals surface area contributed by atoms with Crippen molar-refractivity contribution in [1.29, 1.82) is 0 Å². The number of aliphatic carboxylic acids is 1. The fourth-order valence-corrected chi connectivity index (χ4v) is 2.46. The van der Waals surface area contributed by atoms with Gasteiger partial charge in [-0.3, -0.25) is 0 Å². The van der Waals surface area contributed by atoms with E-state index in [2.05, 4.69) is 6.58 Å². The van der Waals surface area contributed by atoms with Crippen molar-refractivity contribution in [3.8, 4) is 11.5 Å². The Kier molecular flexibility index (Phi) is 5.91. The molecule has 2 aromatic carbocycles. The molecule has 0 spiro atoms. The highest BCUT2D eigenvalue weighted by molar-refractivity contribution is 8.00. The van der Waals surface area contributed by atoms with E-state index in [1.54, 1.807) is 18.2 Å². The second kappa shape index (κ2) is 8.14. The molecule has 1 unspecified atom stereocenters. The lowest BCUT2D eigenvalue weighted by atomic mass is 10.3. The Balaban J connectivity index is 1.93. The highest BCUT2D eigenvalue weighted by Gasteiger charge is 2.08. The summed E-state index contributed by atoms with van der Waals surface area (Å²) in [7, 11) is 0. The van der Waals surface area contributed by atoms with E-state index in [1.807, 2.05) is 42.5 Å². The molecule has 0 radical (unpaired) electrons. The predicted molar refractivity (Wildman–Crippen MR) is 86.5 cm³/mol. The first kappa shape index (κ1) is 16.0. The molecule has 0 saturated heterocycles. The SMILES string of the molecule is C=CC(Oc1ccccc1)Sc1ccc(OCC(=O)O)cc1. The Labute approximate surface area is 133 Å². The highest BCUT2D eigenvalue weighted by Crippen LogP contribution is 2.28. The first-order chi connectivity index (χ1) is 10.7. The Morgan fingerprint density at radius 3 is 2.41 bits per heavy atom. The van der Waals surface area contributed by atoms with Crippen molar-refractivity contribution in [3.63, 3.8) is 0 Å². The molecule has 0 aromatic heterocycles. The van der Waals surface area contributed by atoms with Crippen molar-refractivity contribution in [1.82, 2.24) is 0 Å².